The summed E-state index contributed by atoms with van der Waals surface area (Å²) < 4.78 is 0. The van der Waals surface area contributed by atoms with Gasteiger partial charge in [0.1, 0.15) is 0 Å². The number of nitrogens with one attached hydrogen (secondary N) is 1. The Hall–Kier alpha value is -1.84. The fourth-order valence-corrected chi connectivity index (χ4v) is 1.86. The van der Waals surface area contributed by atoms with Gasteiger partial charge in [-0.05, 0) is 31.0 Å². The Morgan fingerprint density at radius 1 is 1.44 bits per heavy atom. The van der Waals surface area contributed by atoms with E-state index in [-0.39, 0.29) is 12.0 Å². The standard InChI is InChI=1S/C14H18N2O2/c1-3-8-15-14(17)12-6-4-11(5-7-12)13-9-10(2)16-18-13/h4-7,13H,3,8-9H2,1-2H3,(H,15,17). The molecule has 2 rings (SSSR count). The minimum atomic E-state index is -0.0248. The van der Waals surface area contributed by atoms with Crippen LogP contribution in [0.5, 0.6) is 0 Å². The van der Waals surface area contributed by atoms with Gasteiger partial charge in [0.25, 0.3) is 5.91 Å². The number of rotatable bonds is 4. The molecular formula is C14H18N2O2. The average molecular weight is 246 g/mol. The van der Waals surface area contributed by atoms with Crippen LogP contribution in [0, 0.1) is 0 Å². The summed E-state index contributed by atoms with van der Waals surface area (Å²) in [6.07, 6.45) is 1.76. The Labute approximate surface area is 107 Å². The molecule has 1 aliphatic heterocycles. The molecular weight excluding hydrogens is 228 g/mol. The molecule has 1 amide bonds. The van der Waals surface area contributed by atoms with Crippen molar-refractivity contribution in [1.29, 1.82) is 0 Å². The van der Waals surface area contributed by atoms with Crippen LogP contribution < -0.4 is 5.32 Å². The Morgan fingerprint density at radius 2 is 2.17 bits per heavy atom. The van der Waals surface area contributed by atoms with Crippen LogP contribution >= 0.6 is 0 Å². The van der Waals surface area contributed by atoms with Gasteiger partial charge in [0.2, 0.25) is 0 Å². The summed E-state index contributed by atoms with van der Waals surface area (Å²) in [4.78, 5) is 17.0. The summed E-state index contributed by atoms with van der Waals surface area (Å²) in [5.74, 6) is -0.0248. The number of nitrogens with zero attached hydrogens (tertiary/aromatic N) is 1. The summed E-state index contributed by atoms with van der Waals surface area (Å²) in [6, 6.07) is 7.52. The fourth-order valence-electron chi connectivity index (χ4n) is 1.86. The smallest absolute Gasteiger partial charge is 0.251 e. The lowest BCUT2D eigenvalue weighted by Crippen LogP contribution is -2.23. The molecule has 0 fully saturated rings. The average Bonchev–Trinajstić information content (AvgIpc) is 2.83. The van der Waals surface area contributed by atoms with E-state index in [0.29, 0.717) is 12.1 Å². The van der Waals surface area contributed by atoms with E-state index in [1.54, 1.807) is 0 Å². The first-order chi connectivity index (χ1) is 8.70. The third-order valence-electron chi connectivity index (χ3n) is 2.90. The van der Waals surface area contributed by atoms with Crippen molar-refractivity contribution in [3.63, 3.8) is 0 Å². The van der Waals surface area contributed by atoms with E-state index in [1.165, 1.54) is 0 Å². The molecule has 1 aliphatic rings. The van der Waals surface area contributed by atoms with E-state index in [4.69, 9.17) is 4.84 Å². The third kappa shape index (κ3) is 2.88. The van der Waals surface area contributed by atoms with Crippen LogP contribution in [0.2, 0.25) is 0 Å². The van der Waals surface area contributed by atoms with E-state index in [1.807, 2.05) is 38.1 Å². The van der Waals surface area contributed by atoms with Crippen molar-refractivity contribution >= 4 is 11.6 Å². The summed E-state index contributed by atoms with van der Waals surface area (Å²) in [6.45, 7) is 4.69. The summed E-state index contributed by atoms with van der Waals surface area (Å²) in [5.41, 5.74) is 2.75. The van der Waals surface area contributed by atoms with Crippen LogP contribution in [0.15, 0.2) is 29.4 Å². The van der Waals surface area contributed by atoms with E-state index in [2.05, 4.69) is 10.5 Å². The van der Waals surface area contributed by atoms with Gasteiger partial charge in [-0.25, -0.2) is 0 Å². The van der Waals surface area contributed by atoms with Crippen molar-refractivity contribution in [2.75, 3.05) is 6.54 Å². The van der Waals surface area contributed by atoms with E-state index >= 15 is 0 Å². The molecule has 0 radical (unpaired) electrons. The molecule has 96 valence electrons. The highest BCUT2D eigenvalue weighted by molar-refractivity contribution is 5.94. The number of oxime groups is 1. The Kier molecular flexibility index (Phi) is 3.97. The molecule has 1 atom stereocenters. The molecule has 4 heteroatoms. The lowest BCUT2D eigenvalue weighted by Gasteiger charge is -2.09. The lowest BCUT2D eigenvalue weighted by atomic mass is 10.0. The molecule has 18 heavy (non-hydrogen) atoms. The molecule has 0 saturated heterocycles. The zero-order chi connectivity index (χ0) is 13.0. The molecule has 1 aromatic carbocycles. The third-order valence-corrected chi connectivity index (χ3v) is 2.90. The Balaban J connectivity index is 1.99. The van der Waals surface area contributed by atoms with Crippen molar-refractivity contribution in [3.05, 3.63) is 35.4 Å². The number of benzene rings is 1. The van der Waals surface area contributed by atoms with E-state index in [9.17, 15) is 4.79 Å². The van der Waals surface area contributed by atoms with Crippen molar-refractivity contribution in [1.82, 2.24) is 5.32 Å². The van der Waals surface area contributed by atoms with Gasteiger partial charge in [-0.2, -0.15) is 0 Å². The number of carbonyl (C=O) groups excluding carboxylic acids is 1. The monoisotopic (exact) mass is 246 g/mol. The second-order valence-corrected chi connectivity index (χ2v) is 4.50. The molecule has 0 aromatic heterocycles. The molecule has 4 nitrogen and oxygen atoms in total. The van der Waals surface area contributed by atoms with E-state index < -0.39 is 0 Å². The van der Waals surface area contributed by atoms with Crippen molar-refractivity contribution in [3.8, 4) is 0 Å². The SMILES string of the molecule is CCCNC(=O)c1ccc(C2CC(C)=NO2)cc1. The fraction of sp³-hybridized carbons (Fsp3) is 0.429. The van der Waals surface area contributed by atoms with Gasteiger partial charge in [0, 0.05) is 18.5 Å². The van der Waals surface area contributed by atoms with Crippen LogP contribution in [0.3, 0.4) is 0 Å². The lowest BCUT2D eigenvalue weighted by molar-refractivity contribution is 0.0856. The van der Waals surface area contributed by atoms with Gasteiger partial charge in [-0.1, -0.05) is 24.2 Å². The minimum absolute atomic E-state index is 0.00208. The molecule has 1 unspecified atom stereocenters. The van der Waals surface area contributed by atoms with Crippen molar-refractivity contribution in [2.45, 2.75) is 32.8 Å². The predicted octanol–water partition coefficient (Wildman–Crippen LogP) is 2.66. The summed E-state index contributed by atoms with van der Waals surface area (Å²) in [5, 5.41) is 6.78. The van der Waals surface area contributed by atoms with Crippen molar-refractivity contribution < 1.29 is 9.63 Å². The van der Waals surface area contributed by atoms with Gasteiger partial charge < -0.3 is 10.2 Å². The topological polar surface area (TPSA) is 50.7 Å². The van der Waals surface area contributed by atoms with Crippen LogP contribution in [0.4, 0.5) is 0 Å². The number of amides is 1. The molecule has 0 spiro atoms. The maximum atomic E-state index is 11.7. The second kappa shape index (κ2) is 5.67. The van der Waals surface area contributed by atoms with Crippen molar-refractivity contribution in [2.24, 2.45) is 5.16 Å². The van der Waals surface area contributed by atoms with Gasteiger partial charge in [0.05, 0.1) is 5.71 Å². The maximum absolute atomic E-state index is 11.7. The van der Waals surface area contributed by atoms with Crippen LogP contribution in [0.25, 0.3) is 0 Å². The first-order valence-corrected chi connectivity index (χ1v) is 6.28. The van der Waals surface area contributed by atoms with Gasteiger partial charge in [0.15, 0.2) is 6.10 Å². The Bertz CT molecular complexity index is 451. The van der Waals surface area contributed by atoms with Gasteiger partial charge >= 0.3 is 0 Å². The first kappa shape index (κ1) is 12.6. The molecule has 0 aliphatic carbocycles. The number of hydrogen-bond acceptors (Lipinski definition) is 3. The first-order valence-electron chi connectivity index (χ1n) is 6.28. The zero-order valence-electron chi connectivity index (χ0n) is 10.8. The van der Waals surface area contributed by atoms with Crippen LogP contribution in [0.1, 0.15) is 48.7 Å². The molecule has 0 saturated carbocycles. The van der Waals surface area contributed by atoms with Gasteiger partial charge in [-0.15, -0.1) is 0 Å². The van der Waals surface area contributed by atoms with E-state index in [0.717, 1.165) is 24.1 Å². The number of hydrogen-bond donors (Lipinski definition) is 1. The van der Waals surface area contributed by atoms with Gasteiger partial charge in [-0.3, -0.25) is 4.79 Å². The normalized spacial score (nSPS) is 18.1. The molecule has 1 heterocycles. The highest BCUT2D eigenvalue weighted by atomic mass is 16.6. The highest BCUT2D eigenvalue weighted by Gasteiger charge is 2.20. The zero-order valence-corrected chi connectivity index (χ0v) is 10.8. The maximum Gasteiger partial charge on any atom is 0.251 e. The summed E-state index contributed by atoms with van der Waals surface area (Å²) >= 11 is 0. The quantitative estimate of drug-likeness (QED) is 0.888. The minimum Gasteiger partial charge on any atom is -0.387 e. The number of carbonyl (C=O) groups is 1. The second-order valence-electron chi connectivity index (χ2n) is 4.50. The van der Waals surface area contributed by atoms with Crippen LogP contribution in [-0.2, 0) is 4.84 Å². The molecule has 1 aromatic rings. The molecule has 0 bridgehead atoms. The predicted molar refractivity (Wildman–Crippen MR) is 70.6 cm³/mol. The largest absolute Gasteiger partial charge is 0.387 e. The Morgan fingerprint density at radius 3 is 2.72 bits per heavy atom. The van der Waals surface area contributed by atoms with Crippen LogP contribution in [-0.4, -0.2) is 18.2 Å². The highest BCUT2D eigenvalue weighted by Crippen LogP contribution is 2.27. The summed E-state index contributed by atoms with van der Waals surface area (Å²) in [7, 11) is 0. The molecule has 1 N–H and O–H groups in total.